The van der Waals surface area contributed by atoms with Gasteiger partial charge in [-0.05, 0) is 30.4 Å². The molecule has 0 fully saturated rings. The quantitative estimate of drug-likeness (QED) is 0.861. The van der Waals surface area contributed by atoms with E-state index in [1.807, 2.05) is 18.2 Å². The average Bonchev–Trinajstić information content (AvgIpc) is 3.07. The first-order valence-corrected chi connectivity index (χ1v) is 7.65. The van der Waals surface area contributed by atoms with E-state index in [-0.39, 0.29) is 11.8 Å². The van der Waals surface area contributed by atoms with Crippen LogP contribution >= 0.6 is 0 Å². The second-order valence-corrected chi connectivity index (χ2v) is 5.56. The minimum Gasteiger partial charge on any atom is -0.352 e. The number of amides is 1. The van der Waals surface area contributed by atoms with Gasteiger partial charge in [-0.3, -0.25) is 4.79 Å². The van der Waals surface area contributed by atoms with E-state index in [2.05, 4.69) is 33.6 Å². The van der Waals surface area contributed by atoms with Gasteiger partial charge >= 0.3 is 0 Å². The van der Waals surface area contributed by atoms with Crippen LogP contribution < -0.4 is 5.32 Å². The molecule has 0 aliphatic heterocycles. The zero-order chi connectivity index (χ0) is 15.2. The van der Waals surface area contributed by atoms with E-state index in [1.165, 1.54) is 6.33 Å². The van der Waals surface area contributed by atoms with Crippen molar-refractivity contribution in [3.63, 3.8) is 0 Å². The molecule has 5 nitrogen and oxygen atoms in total. The van der Waals surface area contributed by atoms with Crippen LogP contribution in [0.2, 0.25) is 0 Å². The Hall–Kier alpha value is -2.43. The Labute approximate surface area is 130 Å². The number of hydrogen-bond acceptors (Lipinski definition) is 3. The van der Waals surface area contributed by atoms with E-state index in [1.54, 1.807) is 11.0 Å². The van der Waals surface area contributed by atoms with E-state index in [0.29, 0.717) is 13.1 Å². The van der Waals surface area contributed by atoms with E-state index < -0.39 is 0 Å². The number of benzene rings is 1. The summed E-state index contributed by atoms with van der Waals surface area (Å²) in [4.78, 5) is 16.2. The summed E-state index contributed by atoms with van der Waals surface area (Å²) in [7, 11) is 0. The number of carbonyl (C=O) groups excluding carboxylic acids is 1. The summed E-state index contributed by atoms with van der Waals surface area (Å²) in [6.45, 7) is 1.22. The zero-order valence-corrected chi connectivity index (χ0v) is 12.5. The summed E-state index contributed by atoms with van der Waals surface area (Å²) in [6.07, 6.45) is 10.3. The maximum atomic E-state index is 12.2. The van der Waals surface area contributed by atoms with Gasteiger partial charge < -0.3 is 5.32 Å². The molecule has 1 atom stereocenters. The number of nitrogens with zero attached hydrogens (tertiary/aromatic N) is 3. The molecule has 3 rings (SSSR count). The normalized spacial score (nSPS) is 17.4. The zero-order valence-electron chi connectivity index (χ0n) is 12.5. The number of carbonyl (C=O) groups is 1. The third-order valence-corrected chi connectivity index (χ3v) is 4.01. The first kappa shape index (κ1) is 14.5. The number of nitrogens with one attached hydrogen (secondary N) is 1. The van der Waals surface area contributed by atoms with Crippen molar-refractivity contribution >= 4 is 5.91 Å². The van der Waals surface area contributed by atoms with Crippen LogP contribution in [0.1, 0.15) is 30.4 Å². The van der Waals surface area contributed by atoms with Crippen LogP contribution in [0.4, 0.5) is 0 Å². The maximum Gasteiger partial charge on any atom is 0.223 e. The molecule has 1 heterocycles. The lowest BCUT2D eigenvalue weighted by atomic mass is 9.93. The highest BCUT2D eigenvalue weighted by Gasteiger charge is 2.18. The molecule has 1 aromatic heterocycles. The van der Waals surface area contributed by atoms with E-state index in [9.17, 15) is 4.79 Å². The van der Waals surface area contributed by atoms with Crippen LogP contribution in [0.25, 0.3) is 0 Å². The third-order valence-electron chi connectivity index (χ3n) is 4.01. The molecule has 0 unspecified atom stereocenters. The van der Waals surface area contributed by atoms with E-state index >= 15 is 0 Å². The molecule has 1 aromatic carbocycles. The highest BCUT2D eigenvalue weighted by molar-refractivity contribution is 5.79. The predicted molar refractivity (Wildman–Crippen MR) is 83.9 cm³/mol. The molecule has 1 aliphatic rings. The van der Waals surface area contributed by atoms with Crippen LogP contribution in [0.15, 0.2) is 49.1 Å². The van der Waals surface area contributed by atoms with Crippen LogP contribution in [-0.4, -0.2) is 20.7 Å². The number of allylic oxidation sites excluding steroid dienone is 2. The minimum atomic E-state index is 0.118. The van der Waals surface area contributed by atoms with Crippen molar-refractivity contribution in [2.45, 2.75) is 32.4 Å². The molecular weight excluding hydrogens is 276 g/mol. The maximum absolute atomic E-state index is 12.2. The Balaban J connectivity index is 1.62. The molecule has 0 spiro atoms. The van der Waals surface area contributed by atoms with Crippen molar-refractivity contribution in [3.8, 4) is 0 Å². The molecule has 1 amide bonds. The van der Waals surface area contributed by atoms with Crippen LogP contribution in [0.5, 0.6) is 0 Å². The summed E-state index contributed by atoms with van der Waals surface area (Å²) in [5.74, 6) is 0.271. The van der Waals surface area contributed by atoms with Gasteiger partial charge in [-0.15, -0.1) is 0 Å². The Morgan fingerprint density at radius 3 is 2.86 bits per heavy atom. The van der Waals surface area contributed by atoms with E-state index in [4.69, 9.17) is 0 Å². The molecule has 1 aliphatic carbocycles. The standard InChI is InChI=1S/C17H20N4O/c22-17(14-6-2-1-3-7-14)19-10-15-8-4-5-9-16(15)11-21-13-18-12-20-21/h1-2,4-5,8-9,12-14H,3,6-7,10-11H2,(H,19,22)/t14-/m1/s1. The highest BCUT2D eigenvalue weighted by Crippen LogP contribution is 2.18. The second-order valence-electron chi connectivity index (χ2n) is 5.56. The lowest BCUT2D eigenvalue weighted by molar-refractivity contribution is -0.125. The molecule has 22 heavy (non-hydrogen) atoms. The highest BCUT2D eigenvalue weighted by atomic mass is 16.1. The van der Waals surface area contributed by atoms with Crippen molar-refractivity contribution in [3.05, 3.63) is 60.2 Å². The molecule has 0 bridgehead atoms. The van der Waals surface area contributed by atoms with Crippen molar-refractivity contribution in [2.75, 3.05) is 0 Å². The van der Waals surface area contributed by atoms with Crippen molar-refractivity contribution < 1.29 is 4.79 Å². The van der Waals surface area contributed by atoms with Gasteiger partial charge in [0.1, 0.15) is 12.7 Å². The number of hydrogen-bond donors (Lipinski definition) is 1. The van der Waals surface area contributed by atoms with Crippen LogP contribution in [-0.2, 0) is 17.9 Å². The predicted octanol–water partition coefficient (Wildman–Crippen LogP) is 2.30. The number of aromatic nitrogens is 3. The fourth-order valence-electron chi connectivity index (χ4n) is 2.73. The molecule has 0 saturated heterocycles. The molecule has 1 N–H and O–H groups in total. The fraction of sp³-hybridized carbons (Fsp3) is 0.353. The molecule has 2 aromatic rings. The van der Waals surface area contributed by atoms with E-state index in [0.717, 1.165) is 30.4 Å². The molecular formula is C17H20N4O. The lowest BCUT2D eigenvalue weighted by Gasteiger charge is -2.18. The van der Waals surface area contributed by atoms with Gasteiger partial charge in [0.2, 0.25) is 5.91 Å². The third kappa shape index (κ3) is 3.61. The Kier molecular flexibility index (Phi) is 4.63. The van der Waals surface area contributed by atoms with Gasteiger partial charge in [-0.25, -0.2) is 9.67 Å². The topological polar surface area (TPSA) is 59.8 Å². The van der Waals surface area contributed by atoms with Crippen LogP contribution in [0.3, 0.4) is 0 Å². The van der Waals surface area contributed by atoms with Crippen molar-refractivity contribution in [1.29, 1.82) is 0 Å². The van der Waals surface area contributed by atoms with Gasteiger partial charge in [0.05, 0.1) is 6.54 Å². The Morgan fingerprint density at radius 2 is 2.14 bits per heavy atom. The summed E-state index contributed by atoms with van der Waals surface area (Å²) < 4.78 is 1.78. The molecule has 114 valence electrons. The summed E-state index contributed by atoms with van der Waals surface area (Å²) in [5, 5.41) is 7.20. The monoisotopic (exact) mass is 296 g/mol. The first-order chi connectivity index (χ1) is 10.8. The van der Waals surface area contributed by atoms with Gasteiger partial charge in [-0.1, -0.05) is 36.4 Å². The Morgan fingerprint density at radius 1 is 1.27 bits per heavy atom. The average molecular weight is 296 g/mol. The smallest absolute Gasteiger partial charge is 0.223 e. The van der Waals surface area contributed by atoms with Crippen molar-refractivity contribution in [1.82, 2.24) is 20.1 Å². The first-order valence-electron chi connectivity index (χ1n) is 7.65. The second kappa shape index (κ2) is 7.02. The SMILES string of the molecule is O=C(NCc1ccccc1Cn1cncn1)[C@@H]1CC=CCC1. The lowest BCUT2D eigenvalue weighted by Crippen LogP contribution is -2.31. The molecule has 0 radical (unpaired) electrons. The minimum absolute atomic E-state index is 0.118. The van der Waals surface area contributed by atoms with Crippen LogP contribution in [0, 0.1) is 5.92 Å². The Bertz CT molecular complexity index is 648. The van der Waals surface area contributed by atoms with Gasteiger partial charge in [0.25, 0.3) is 0 Å². The summed E-state index contributed by atoms with van der Waals surface area (Å²) in [5.41, 5.74) is 2.27. The largest absolute Gasteiger partial charge is 0.352 e. The fourth-order valence-corrected chi connectivity index (χ4v) is 2.73. The number of rotatable bonds is 5. The summed E-state index contributed by atoms with van der Waals surface area (Å²) in [6, 6.07) is 8.11. The van der Waals surface area contributed by atoms with Crippen molar-refractivity contribution in [2.24, 2.45) is 5.92 Å². The van der Waals surface area contributed by atoms with Gasteiger partial charge in [0, 0.05) is 12.5 Å². The van der Waals surface area contributed by atoms with Gasteiger partial charge in [0.15, 0.2) is 0 Å². The summed E-state index contributed by atoms with van der Waals surface area (Å²) >= 11 is 0. The van der Waals surface area contributed by atoms with Gasteiger partial charge in [-0.2, -0.15) is 5.10 Å². The molecule has 0 saturated carbocycles. The molecule has 5 heteroatoms.